The fourth-order valence-corrected chi connectivity index (χ4v) is 7.97. The van der Waals surface area contributed by atoms with Gasteiger partial charge in [0, 0.05) is 30.7 Å². The molecule has 45 heavy (non-hydrogen) atoms. The Labute approximate surface area is 262 Å². The van der Waals surface area contributed by atoms with Crippen LogP contribution in [0.3, 0.4) is 0 Å². The first-order chi connectivity index (χ1) is 21.8. The lowest BCUT2D eigenvalue weighted by Gasteiger charge is -2.40. The van der Waals surface area contributed by atoms with Gasteiger partial charge < -0.3 is 20.3 Å². The largest absolute Gasteiger partial charge is 0.465 e. The summed E-state index contributed by atoms with van der Waals surface area (Å²) in [5, 5.41) is 7.25. The Morgan fingerprint density at radius 2 is 1.60 bits per heavy atom. The monoisotopic (exact) mass is 626 g/mol. The van der Waals surface area contributed by atoms with Crippen molar-refractivity contribution in [1.82, 2.24) is 14.5 Å². The highest BCUT2D eigenvalue weighted by Gasteiger charge is 2.42. The molecular formula is C34H34N4O6S. The molecule has 0 aromatic heterocycles. The second-order valence-corrected chi connectivity index (χ2v) is 13.1. The number of nitrogens with one attached hydrogen (secondary N) is 2. The van der Waals surface area contributed by atoms with Gasteiger partial charge in [0.1, 0.15) is 6.04 Å². The molecule has 6 rings (SSSR count). The van der Waals surface area contributed by atoms with Crippen LogP contribution < -0.4 is 10.6 Å². The van der Waals surface area contributed by atoms with E-state index in [0.29, 0.717) is 16.6 Å². The zero-order valence-electron chi connectivity index (χ0n) is 24.8. The molecule has 1 aliphatic heterocycles. The number of nitrogens with zero attached hydrogens (tertiary/aromatic N) is 2. The fraction of sp³-hybridized carbons (Fsp3) is 0.265. The highest BCUT2D eigenvalue weighted by molar-refractivity contribution is 7.89. The summed E-state index contributed by atoms with van der Waals surface area (Å²) in [5.74, 6) is -0.953. The van der Waals surface area contributed by atoms with E-state index in [2.05, 4.69) is 16.7 Å². The summed E-state index contributed by atoms with van der Waals surface area (Å²) in [7, 11) is -2.85. The second kappa shape index (κ2) is 12.7. The Balaban J connectivity index is 1.28. The van der Waals surface area contributed by atoms with E-state index in [1.807, 2.05) is 36.4 Å². The van der Waals surface area contributed by atoms with Crippen molar-refractivity contribution >= 4 is 44.4 Å². The van der Waals surface area contributed by atoms with Crippen LogP contribution >= 0.6 is 0 Å². The summed E-state index contributed by atoms with van der Waals surface area (Å²) in [6.45, 7) is -0.137. The highest BCUT2D eigenvalue weighted by atomic mass is 32.2. The van der Waals surface area contributed by atoms with Gasteiger partial charge in [-0.1, -0.05) is 60.7 Å². The molecule has 1 fully saturated rings. The molecule has 1 aliphatic carbocycles. The van der Waals surface area contributed by atoms with Crippen LogP contribution in [0.4, 0.5) is 10.5 Å². The number of aryl methyl sites for hydroxylation is 1. The van der Waals surface area contributed by atoms with Gasteiger partial charge >= 0.3 is 12.0 Å². The zero-order chi connectivity index (χ0) is 31.6. The summed E-state index contributed by atoms with van der Waals surface area (Å²) in [6.07, 6.45) is 2.55. The molecule has 232 valence electrons. The minimum atomic E-state index is -4.14. The number of hydrogen-bond donors (Lipinski definition) is 2. The van der Waals surface area contributed by atoms with Crippen molar-refractivity contribution in [2.45, 2.75) is 36.2 Å². The Hall–Kier alpha value is -4.74. The maximum absolute atomic E-state index is 14.3. The first kappa shape index (κ1) is 30.3. The summed E-state index contributed by atoms with van der Waals surface area (Å²) >= 11 is 0. The van der Waals surface area contributed by atoms with E-state index in [0.717, 1.165) is 35.8 Å². The maximum atomic E-state index is 14.3. The molecule has 0 radical (unpaired) electrons. The minimum absolute atomic E-state index is 0.0698. The second-order valence-electron chi connectivity index (χ2n) is 11.2. The van der Waals surface area contributed by atoms with Crippen LogP contribution in [-0.2, 0) is 26.0 Å². The van der Waals surface area contributed by atoms with E-state index in [1.165, 1.54) is 28.4 Å². The van der Waals surface area contributed by atoms with Gasteiger partial charge in [0.15, 0.2) is 0 Å². The number of carbonyl (C=O) groups is 3. The summed E-state index contributed by atoms with van der Waals surface area (Å²) < 4.78 is 34.5. The predicted molar refractivity (Wildman–Crippen MR) is 170 cm³/mol. The van der Waals surface area contributed by atoms with Crippen LogP contribution in [-0.4, -0.2) is 68.3 Å². The van der Waals surface area contributed by atoms with Crippen molar-refractivity contribution in [2.75, 3.05) is 32.1 Å². The van der Waals surface area contributed by atoms with Gasteiger partial charge in [0.2, 0.25) is 15.9 Å². The van der Waals surface area contributed by atoms with E-state index < -0.39 is 34.0 Å². The number of esters is 1. The third kappa shape index (κ3) is 6.13. The first-order valence-corrected chi connectivity index (χ1v) is 16.3. The number of ether oxygens (including phenoxy) is 1. The van der Waals surface area contributed by atoms with E-state index in [-0.39, 0.29) is 30.6 Å². The van der Waals surface area contributed by atoms with Gasteiger partial charge in [0.05, 0.1) is 23.6 Å². The van der Waals surface area contributed by atoms with Crippen molar-refractivity contribution in [1.29, 1.82) is 0 Å². The smallest absolute Gasteiger partial charge is 0.337 e. The molecule has 11 heteroatoms. The lowest BCUT2D eigenvalue weighted by Crippen LogP contribution is -2.62. The normalized spacial score (nSPS) is 18.6. The average molecular weight is 627 g/mol. The van der Waals surface area contributed by atoms with Crippen LogP contribution in [0.1, 0.15) is 40.4 Å². The average Bonchev–Trinajstić information content (AvgIpc) is 3.07. The molecule has 2 unspecified atom stereocenters. The van der Waals surface area contributed by atoms with E-state index in [1.54, 1.807) is 36.4 Å². The molecule has 4 aromatic carbocycles. The Morgan fingerprint density at radius 3 is 2.40 bits per heavy atom. The first-order valence-electron chi connectivity index (χ1n) is 14.9. The van der Waals surface area contributed by atoms with Gasteiger partial charge in [0.25, 0.3) is 0 Å². The number of benzene rings is 4. The van der Waals surface area contributed by atoms with Crippen molar-refractivity contribution in [3.05, 3.63) is 108 Å². The number of fused-ring (bicyclic) bond motifs is 2. The number of methoxy groups -OCH3 is 1. The number of urea groups is 1. The molecule has 2 N–H and O–H groups in total. The van der Waals surface area contributed by atoms with Crippen LogP contribution in [0.2, 0.25) is 0 Å². The van der Waals surface area contributed by atoms with Crippen molar-refractivity contribution < 1.29 is 27.5 Å². The van der Waals surface area contributed by atoms with Crippen molar-refractivity contribution in [3.8, 4) is 0 Å². The quantitative estimate of drug-likeness (QED) is 0.298. The SMILES string of the molecule is COC(=O)c1ccc(NC(=O)N2CCN(S(=O)(=O)c3cccc4ccccc34)C(C(=O)NC3CCCc4ccccc43)C2)cc1. The molecule has 2 atom stereocenters. The molecule has 0 spiro atoms. The van der Waals surface area contributed by atoms with Crippen LogP contribution in [0.25, 0.3) is 10.8 Å². The maximum Gasteiger partial charge on any atom is 0.337 e. The van der Waals surface area contributed by atoms with E-state index in [4.69, 9.17) is 4.74 Å². The number of carbonyl (C=O) groups excluding carboxylic acids is 3. The minimum Gasteiger partial charge on any atom is -0.465 e. The van der Waals surface area contributed by atoms with Gasteiger partial charge in [-0.25, -0.2) is 18.0 Å². The Morgan fingerprint density at radius 1 is 0.867 bits per heavy atom. The molecular weight excluding hydrogens is 592 g/mol. The van der Waals surface area contributed by atoms with Gasteiger partial charge in [-0.2, -0.15) is 4.31 Å². The lowest BCUT2D eigenvalue weighted by molar-refractivity contribution is -0.127. The lowest BCUT2D eigenvalue weighted by atomic mass is 9.87. The molecule has 2 aliphatic rings. The summed E-state index contributed by atoms with van der Waals surface area (Å²) in [5.41, 5.74) is 2.97. The van der Waals surface area contributed by atoms with E-state index >= 15 is 0 Å². The topological polar surface area (TPSA) is 125 Å². The Bertz CT molecular complexity index is 1860. The number of anilines is 1. The van der Waals surface area contributed by atoms with Crippen molar-refractivity contribution in [3.63, 3.8) is 0 Å². The van der Waals surface area contributed by atoms with Gasteiger partial charge in [-0.15, -0.1) is 0 Å². The molecule has 3 amide bonds. The van der Waals surface area contributed by atoms with Crippen LogP contribution in [0, 0.1) is 0 Å². The third-order valence-electron chi connectivity index (χ3n) is 8.50. The number of hydrogen-bond acceptors (Lipinski definition) is 6. The number of amides is 3. The third-order valence-corrected chi connectivity index (χ3v) is 10.5. The number of rotatable bonds is 6. The molecule has 0 saturated carbocycles. The van der Waals surface area contributed by atoms with E-state index in [9.17, 15) is 22.8 Å². The molecule has 1 heterocycles. The van der Waals surface area contributed by atoms with Crippen LogP contribution in [0.15, 0.2) is 95.9 Å². The van der Waals surface area contributed by atoms with Gasteiger partial charge in [-0.05, 0) is 66.1 Å². The molecule has 0 bridgehead atoms. The van der Waals surface area contributed by atoms with Gasteiger partial charge in [-0.3, -0.25) is 4.79 Å². The highest BCUT2D eigenvalue weighted by Crippen LogP contribution is 2.32. The molecule has 1 saturated heterocycles. The molecule has 4 aromatic rings. The predicted octanol–water partition coefficient (Wildman–Crippen LogP) is 4.73. The number of sulfonamides is 1. The number of piperazine rings is 1. The zero-order valence-corrected chi connectivity index (χ0v) is 25.6. The Kier molecular flexibility index (Phi) is 8.55. The van der Waals surface area contributed by atoms with Crippen molar-refractivity contribution in [2.24, 2.45) is 0 Å². The summed E-state index contributed by atoms with van der Waals surface area (Å²) in [4.78, 5) is 40.8. The molecule has 10 nitrogen and oxygen atoms in total. The standard InChI is InChI=1S/C34H34N4O6S/c1-44-33(40)25-16-18-26(19-17-25)35-34(41)37-20-21-38(45(42,43)31-15-7-11-24-9-3-5-13-28(24)31)30(22-37)32(39)36-29-14-6-10-23-8-2-4-12-27(23)29/h2-5,7-9,11-13,15-19,29-30H,6,10,14,20-22H2,1H3,(H,35,41)(H,36,39). The fourth-order valence-electron chi connectivity index (χ4n) is 6.18. The summed E-state index contributed by atoms with van der Waals surface area (Å²) in [6, 6.07) is 24.6. The van der Waals surface area contributed by atoms with Crippen LogP contribution in [0.5, 0.6) is 0 Å².